The summed E-state index contributed by atoms with van der Waals surface area (Å²) < 4.78 is 0. The minimum absolute atomic E-state index is 0.0904. The number of rotatable bonds is 4. The van der Waals surface area contributed by atoms with Crippen LogP contribution in [0, 0.1) is 5.92 Å². The zero-order valence-electron chi connectivity index (χ0n) is 9.82. The van der Waals surface area contributed by atoms with Crippen LogP contribution in [-0.2, 0) is 9.59 Å². The van der Waals surface area contributed by atoms with Gasteiger partial charge in [-0.25, -0.2) is 0 Å². The first-order valence-electron chi connectivity index (χ1n) is 5.87. The molecular weight excluding hydrogens is 206 g/mol. The van der Waals surface area contributed by atoms with Crippen LogP contribution in [0.15, 0.2) is 0 Å². The summed E-state index contributed by atoms with van der Waals surface area (Å²) in [6, 6.07) is -0.748. The van der Waals surface area contributed by atoms with Gasteiger partial charge in [0.2, 0.25) is 11.8 Å². The minimum atomic E-state index is -0.748. The third-order valence-electron chi connectivity index (χ3n) is 3.29. The van der Waals surface area contributed by atoms with Gasteiger partial charge in [0.05, 0.1) is 0 Å². The van der Waals surface area contributed by atoms with Crippen molar-refractivity contribution in [3.05, 3.63) is 0 Å². The number of primary amides is 1. The number of hydrogen-bond acceptors (Lipinski definition) is 3. The van der Waals surface area contributed by atoms with E-state index in [0.717, 1.165) is 19.3 Å². The molecule has 0 radical (unpaired) electrons. The molecule has 92 valence electrons. The summed E-state index contributed by atoms with van der Waals surface area (Å²) in [7, 11) is 0. The summed E-state index contributed by atoms with van der Waals surface area (Å²) in [5.41, 5.74) is 10.6. The zero-order valence-corrected chi connectivity index (χ0v) is 9.82. The van der Waals surface area contributed by atoms with Gasteiger partial charge in [0.1, 0.15) is 6.04 Å². The molecule has 1 fully saturated rings. The van der Waals surface area contributed by atoms with E-state index in [0.29, 0.717) is 18.9 Å². The predicted molar refractivity (Wildman–Crippen MR) is 61.4 cm³/mol. The maximum atomic E-state index is 11.8. The fraction of sp³-hybridized carbons (Fsp3) is 0.818. The molecule has 16 heavy (non-hydrogen) atoms. The number of nitrogens with zero attached hydrogens (tertiary/aromatic N) is 1. The van der Waals surface area contributed by atoms with Gasteiger partial charge >= 0.3 is 0 Å². The molecule has 2 amide bonds. The number of carbonyl (C=O) groups is 2. The van der Waals surface area contributed by atoms with Gasteiger partial charge in [-0.15, -0.1) is 0 Å². The molecule has 5 nitrogen and oxygen atoms in total. The quantitative estimate of drug-likeness (QED) is 0.699. The van der Waals surface area contributed by atoms with Crippen LogP contribution in [0.4, 0.5) is 0 Å². The second-order valence-corrected chi connectivity index (χ2v) is 4.45. The van der Waals surface area contributed by atoms with E-state index in [9.17, 15) is 9.59 Å². The molecule has 2 atom stereocenters. The van der Waals surface area contributed by atoms with Crippen molar-refractivity contribution in [1.82, 2.24) is 4.90 Å². The van der Waals surface area contributed by atoms with Crippen LogP contribution in [0.3, 0.4) is 0 Å². The van der Waals surface area contributed by atoms with Crippen molar-refractivity contribution < 1.29 is 9.59 Å². The van der Waals surface area contributed by atoms with Crippen LogP contribution >= 0.6 is 0 Å². The smallest absolute Gasteiger partial charge is 0.236 e. The number of nitrogens with two attached hydrogens (primary N) is 2. The Morgan fingerprint density at radius 3 is 2.81 bits per heavy atom. The average molecular weight is 227 g/mol. The monoisotopic (exact) mass is 227 g/mol. The Bertz CT molecular complexity index is 268. The van der Waals surface area contributed by atoms with Crippen LogP contribution in [0.1, 0.15) is 32.6 Å². The maximum Gasteiger partial charge on any atom is 0.236 e. The van der Waals surface area contributed by atoms with Gasteiger partial charge in [0.15, 0.2) is 0 Å². The van der Waals surface area contributed by atoms with Gasteiger partial charge in [-0.2, -0.15) is 0 Å². The largest absolute Gasteiger partial charge is 0.368 e. The van der Waals surface area contributed by atoms with Crippen molar-refractivity contribution >= 4 is 11.8 Å². The van der Waals surface area contributed by atoms with E-state index in [4.69, 9.17) is 11.5 Å². The third kappa shape index (κ3) is 3.48. The van der Waals surface area contributed by atoms with Crippen LogP contribution in [0.5, 0.6) is 0 Å². The van der Waals surface area contributed by atoms with Crippen molar-refractivity contribution in [3.8, 4) is 0 Å². The Morgan fingerprint density at radius 2 is 2.25 bits per heavy atom. The molecule has 0 aromatic rings. The van der Waals surface area contributed by atoms with Gasteiger partial charge in [-0.1, -0.05) is 13.3 Å². The summed E-state index contributed by atoms with van der Waals surface area (Å²) in [5, 5.41) is 0. The molecule has 1 rings (SSSR count). The van der Waals surface area contributed by atoms with Crippen molar-refractivity contribution in [3.63, 3.8) is 0 Å². The molecule has 1 saturated heterocycles. The van der Waals surface area contributed by atoms with Crippen LogP contribution in [-0.4, -0.2) is 35.8 Å². The lowest BCUT2D eigenvalue weighted by Gasteiger charge is -2.23. The van der Waals surface area contributed by atoms with Gasteiger partial charge in [0, 0.05) is 19.5 Å². The van der Waals surface area contributed by atoms with Crippen molar-refractivity contribution in [2.24, 2.45) is 17.4 Å². The Kier molecular flexibility index (Phi) is 4.73. The molecule has 1 heterocycles. The summed E-state index contributed by atoms with van der Waals surface area (Å²) in [4.78, 5) is 24.3. The normalized spacial score (nSPS) is 24.0. The van der Waals surface area contributed by atoms with Gasteiger partial charge < -0.3 is 16.4 Å². The lowest BCUT2D eigenvalue weighted by molar-refractivity contribution is -0.131. The molecule has 0 aromatic carbocycles. The van der Waals surface area contributed by atoms with E-state index < -0.39 is 11.9 Å². The van der Waals surface area contributed by atoms with E-state index in [1.54, 1.807) is 4.90 Å². The first-order valence-corrected chi connectivity index (χ1v) is 5.87. The van der Waals surface area contributed by atoms with E-state index in [1.807, 2.05) is 0 Å². The first-order chi connectivity index (χ1) is 7.54. The lowest BCUT2D eigenvalue weighted by atomic mass is 9.98. The fourth-order valence-corrected chi connectivity index (χ4v) is 2.02. The highest BCUT2D eigenvalue weighted by atomic mass is 16.2. The molecule has 0 aromatic heterocycles. The molecule has 0 aliphatic carbocycles. The van der Waals surface area contributed by atoms with Crippen molar-refractivity contribution in [2.45, 2.75) is 38.6 Å². The highest BCUT2D eigenvalue weighted by molar-refractivity contribution is 5.81. The standard InChI is InChI=1S/C11H21N3O2/c1-2-8-3-4-10(15)14(6-5-8)7-9(12)11(13)16/h8-9H,2-7,12H2,1H3,(H2,13,16). The number of likely N-dealkylation sites (tertiary alicyclic amines) is 1. The van der Waals surface area contributed by atoms with Gasteiger partial charge in [-0.3, -0.25) is 9.59 Å². The number of carbonyl (C=O) groups excluding carboxylic acids is 2. The van der Waals surface area contributed by atoms with Crippen LogP contribution in [0.2, 0.25) is 0 Å². The van der Waals surface area contributed by atoms with E-state index >= 15 is 0 Å². The fourth-order valence-electron chi connectivity index (χ4n) is 2.02. The van der Waals surface area contributed by atoms with Gasteiger partial charge in [0.25, 0.3) is 0 Å². The van der Waals surface area contributed by atoms with E-state index in [2.05, 4.69) is 6.92 Å². The maximum absolute atomic E-state index is 11.8. The second kappa shape index (κ2) is 5.84. The number of hydrogen-bond donors (Lipinski definition) is 2. The van der Waals surface area contributed by atoms with Gasteiger partial charge in [-0.05, 0) is 18.8 Å². The third-order valence-corrected chi connectivity index (χ3v) is 3.29. The Morgan fingerprint density at radius 1 is 1.56 bits per heavy atom. The van der Waals surface area contributed by atoms with Crippen LogP contribution < -0.4 is 11.5 Å². The molecule has 0 spiro atoms. The second-order valence-electron chi connectivity index (χ2n) is 4.45. The summed E-state index contributed by atoms with van der Waals surface area (Å²) in [5.74, 6) is 0.149. The Balaban J connectivity index is 2.52. The van der Waals surface area contributed by atoms with E-state index in [-0.39, 0.29) is 12.5 Å². The topological polar surface area (TPSA) is 89.4 Å². The predicted octanol–water partition coefficient (Wildman–Crippen LogP) is -0.162. The Labute approximate surface area is 96.1 Å². The molecule has 4 N–H and O–H groups in total. The molecule has 0 bridgehead atoms. The molecule has 0 saturated carbocycles. The Hall–Kier alpha value is -1.10. The van der Waals surface area contributed by atoms with Crippen molar-refractivity contribution in [2.75, 3.05) is 13.1 Å². The highest BCUT2D eigenvalue weighted by Gasteiger charge is 2.24. The summed E-state index contributed by atoms with van der Waals surface area (Å²) in [6.07, 6.45) is 3.60. The van der Waals surface area contributed by atoms with Crippen molar-refractivity contribution in [1.29, 1.82) is 0 Å². The molecular formula is C11H21N3O2. The molecule has 1 aliphatic rings. The van der Waals surface area contributed by atoms with Crippen LogP contribution in [0.25, 0.3) is 0 Å². The minimum Gasteiger partial charge on any atom is -0.368 e. The number of amides is 2. The lowest BCUT2D eigenvalue weighted by Crippen LogP contribution is -2.47. The molecule has 5 heteroatoms. The SMILES string of the molecule is CCC1CCC(=O)N(CC(N)C(N)=O)CC1. The first kappa shape index (κ1) is 13.0. The molecule has 1 aliphatic heterocycles. The zero-order chi connectivity index (χ0) is 12.1. The highest BCUT2D eigenvalue weighted by Crippen LogP contribution is 2.20. The summed E-state index contributed by atoms with van der Waals surface area (Å²) in [6.45, 7) is 3.09. The average Bonchev–Trinajstić information content (AvgIpc) is 2.42. The van der Waals surface area contributed by atoms with E-state index in [1.165, 1.54) is 0 Å². The summed E-state index contributed by atoms with van der Waals surface area (Å²) >= 11 is 0. The molecule has 2 unspecified atom stereocenters.